The van der Waals surface area contributed by atoms with Gasteiger partial charge in [-0.25, -0.2) is 8.78 Å². The number of aliphatic carboxylic acids is 1. The van der Waals surface area contributed by atoms with E-state index in [4.69, 9.17) is 10.5 Å². The second-order valence-electron chi connectivity index (χ2n) is 5.47. The number of rotatable bonds is 8. The van der Waals surface area contributed by atoms with E-state index in [0.29, 0.717) is 18.6 Å². The number of hydrogen-bond acceptors (Lipinski definition) is 3. The van der Waals surface area contributed by atoms with E-state index in [9.17, 15) is 18.7 Å². The predicted molar refractivity (Wildman–Crippen MR) is 75.0 cm³/mol. The first kappa shape index (κ1) is 17.5. The maximum atomic E-state index is 13.3. The van der Waals surface area contributed by atoms with E-state index in [2.05, 4.69) is 0 Å². The van der Waals surface area contributed by atoms with E-state index in [1.807, 2.05) is 13.8 Å². The molecule has 3 N–H and O–H groups in total. The molecule has 1 rings (SSSR count). The summed E-state index contributed by atoms with van der Waals surface area (Å²) >= 11 is 0. The summed E-state index contributed by atoms with van der Waals surface area (Å²) in [5.41, 5.74) is 4.06. The average Bonchev–Trinajstić information content (AvgIpc) is 2.37. The Kier molecular flexibility index (Phi) is 6.23. The fraction of sp³-hybridized carbons (Fsp3) is 0.533. The molecule has 0 radical (unpaired) electrons. The number of benzene rings is 1. The minimum atomic E-state index is -1.56. The monoisotopic (exact) mass is 301 g/mol. The second kappa shape index (κ2) is 7.47. The highest BCUT2D eigenvalue weighted by atomic mass is 19.1. The summed E-state index contributed by atoms with van der Waals surface area (Å²) < 4.78 is 32.1. The molecular weight excluding hydrogens is 280 g/mol. The average molecular weight is 301 g/mol. The highest BCUT2D eigenvalue weighted by Gasteiger charge is 2.39. The Labute approximate surface area is 122 Å². The Balaban J connectivity index is 3.00. The number of carbonyl (C=O) groups is 1. The third-order valence-corrected chi connectivity index (χ3v) is 3.30. The molecule has 0 amide bonds. The van der Waals surface area contributed by atoms with Crippen LogP contribution in [0, 0.1) is 17.6 Å². The molecule has 0 saturated heterocycles. The summed E-state index contributed by atoms with van der Waals surface area (Å²) in [5.74, 6) is -2.56. The van der Waals surface area contributed by atoms with Gasteiger partial charge in [-0.05, 0) is 30.0 Å². The minimum absolute atomic E-state index is 0.0168. The van der Waals surface area contributed by atoms with E-state index >= 15 is 0 Å². The molecule has 0 aliphatic rings. The van der Waals surface area contributed by atoms with Crippen molar-refractivity contribution in [1.29, 1.82) is 0 Å². The van der Waals surface area contributed by atoms with Gasteiger partial charge in [0, 0.05) is 25.8 Å². The number of carboxylic acids is 1. The van der Waals surface area contributed by atoms with E-state index < -0.39 is 23.0 Å². The molecule has 0 aliphatic carbocycles. The van der Waals surface area contributed by atoms with Crippen LogP contribution in [0.1, 0.15) is 25.8 Å². The maximum absolute atomic E-state index is 13.3. The van der Waals surface area contributed by atoms with Gasteiger partial charge in [-0.2, -0.15) is 0 Å². The van der Waals surface area contributed by atoms with Gasteiger partial charge < -0.3 is 15.6 Å². The Bertz CT molecular complexity index is 474. The lowest BCUT2D eigenvalue weighted by Gasteiger charge is -2.28. The third-order valence-electron chi connectivity index (χ3n) is 3.30. The Morgan fingerprint density at radius 1 is 1.33 bits per heavy atom. The molecular formula is C15H21F2NO3. The van der Waals surface area contributed by atoms with Gasteiger partial charge in [-0.3, -0.25) is 4.79 Å². The van der Waals surface area contributed by atoms with Crippen LogP contribution in [0.3, 0.4) is 0 Å². The van der Waals surface area contributed by atoms with Gasteiger partial charge in [0.1, 0.15) is 17.0 Å². The summed E-state index contributed by atoms with van der Waals surface area (Å²) in [7, 11) is 0. The Morgan fingerprint density at radius 2 is 1.90 bits per heavy atom. The lowest BCUT2D eigenvalue weighted by atomic mass is 9.77. The first-order valence-electron chi connectivity index (χ1n) is 6.79. The van der Waals surface area contributed by atoms with E-state index in [1.165, 1.54) is 0 Å². The molecule has 6 heteroatoms. The van der Waals surface area contributed by atoms with Crippen molar-refractivity contribution in [2.45, 2.75) is 25.7 Å². The van der Waals surface area contributed by atoms with Crippen LogP contribution < -0.4 is 5.73 Å². The number of ether oxygens (including phenoxy) is 1. The van der Waals surface area contributed by atoms with Crippen LogP contribution in [0.25, 0.3) is 0 Å². The smallest absolute Gasteiger partial charge is 0.315 e. The highest BCUT2D eigenvalue weighted by molar-refractivity contribution is 5.81. The van der Waals surface area contributed by atoms with Crippen molar-refractivity contribution in [2.24, 2.45) is 11.7 Å². The summed E-state index contributed by atoms with van der Waals surface area (Å²) in [6.07, 6.45) is 0.0500. The Morgan fingerprint density at radius 3 is 2.33 bits per heavy atom. The highest BCUT2D eigenvalue weighted by Crippen LogP contribution is 2.29. The molecule has 21 heavy (non-hydrogen) atoms. The van der Waals surface area contributed by atoms with Crippen molar-refractivity contribution < 1.29 is 23.4 Å². The molecule has 1 unspecified atom stereocenters. The molecule has 118 valence electrons. The van der Waals surface area contributed by atoms with E-state index in [1.54, 1.807) is 0 Å². The summed E-state index contributed by atoms with van der Waals surface area (Å²) in [6, 6.07) is 2.71. The SMILES string of the molecule is CC(C)COCCC(CN)(C(=O)O)c1cc(F)cc(F)c1. The molecule has 0 fully saturated rings. The quantitative estimate of drug-likeness (QED) is 0.723. The van der Waals surface area contributed by atoms with Crippen molar-refractivity contribution in [3.8, 4) is 0 Å². The van der Waals surface area contributed by atoms with Crippen LogP contribution in [0.2, 0.25) is 0 Å². The minimum Gasteiger partial charge on any atom is -0.481 e. The molecule has 0 saturated carbocycles. The van der Waals surface area contributed by atoms with E-state index in [0.717, 1.165) is 12.1 Å². The zero-order valence-electron chi connectivity index (χ0n) is 12.2. The summed E-state index contributed by atoms with van der Waals surface area (Å²) in [4.78, 5) is 11.6. The molecule has 1 aromatic rings. The molecule has 1 atom stereocenters. The largest absolute Gasteiger partial charge is 0.481 e. The lowest BCUT2D eigenvalue weighted by molar-refractivity contribution is -0.144. The summed E-state index contributed by atoms with van der Waals surface area (Å²) in [5, 5.41) is 9.49. The number of carboxylic acid groups (broad SMARTS) is 1. The fourth-order valence-electron chi connectivity index (χ4n) is 2.08. The van der Waals surface area contributed by atoms with Gasteiger partial charge >= 0.3 is 5.97 Å². The van der Waals surface area contributed by atoms with Crippen molar-refractivity contribution >= 4 is 5.97 Å². The number of nitrogens with two attached hydrogens (primary N) is 1. The lowest BCUT2D eigenvalue weighted by Crippen LogP contribution is -2.44. The van der Waals surface area contributed by atoms with Crippen molar-refractivity contribution in [2.75, 3.05) is 19.8 Å². The van der Waals surface area contributed by atoms with Crippen LogP contribution >= 0.6 is 0 Å². The van der Waals surface area contributed by atoms with E-state index in [-0.39, 0.29) is 25.1 Å². The summed E-state index contributed by atoms with van der Waals surface area (Å²) in [6.45, 7) is 4.30. The first-order chi connectivity index (χ1) is 9.81. The second-order valence-corrected chi connectivity index (χ2v) is 5.47. The van der Waals surface area contributed by atoms with Crippen molar-refractivity contribution in [3.05, 3.63) is 35.4 Å². The standard InChI is InChI=1S/C15H21F2NO3/c1-10(2)8-21-4-3-15(9-18,14(19)20)11-5-12(16)7-13(17)6-11/h5-7,10H,3-4,8-9,18H2,1-2H3,(H,19,20). The number of hydrogen-bond donors (Lipinski definition) is 2. The van der Waals surface area contributed by atoms with Gasteiger partial charge in [0.2, 0.25) is 0 Å². The van der Waals surface area contributed by atoms with Crippen LogP contribution in [0.5, 0.6) is 0 Å². The zero-order chi connectivity index (χ0) is 16.0. The first-order valence-corrected chi connectivity index (χ1v) is 6.79. The molecule has 0 aliphatic heterocycles. The normalized spacial score (nSPS) is 14.2. The number of halogens is 2. The van der Waals surface area contributed by atoms with Crippen LogP contribution in [-0.2, 0) is 14.9 Å². The molecule has 1 aromatic carbocycles. The maximum Gasteiger partial charge on any atom is 0.315 e. The molecule has 0 spiro atoms. The molecule has 0 aromatic heterocycles. The van der Waals surface area contributed by atoms with Crippen LogP contribution in [0.15, 0.2) is 18.2 Å². The van der Waals surface area contributed by atoms with Gasteiger partial charge in [-0.15, -0.1) is 0 Å². The van der Waals surface area contributed by atoms with Crippen molar-refractivity contribution in [1.82, 2.24) is 0 Å². The predicted octanol–water partition coefficient (Wildman–Crippen LogP) is 2.31. The van der Waals surface area contributed by atoms with Crippen LogP contribution in [-0.4, -0.2) is 30.8 Å². The Hall–Kier alpha value is -1.53. The third kappa shape index (κ3) is 4.47. The van der Waals surface area contributed by atoms with Gasteiger partial charge in [0.15, 0.2) is 0 Å². The fourth-order valence-corrected chi connectivity index (χ4v) is 2.08. The zero-order valence-corrected chi connectivity index (χ0v) is 12.2. The molecule has 4 nitrogen and oxygen atoms in total. The van der Waals surface area contributed by atoms with Crippen LogP contribution in [0.4, 0.5) is 8.78 Å². The van der Waals surface area contributed by atoms with Gasteiger partial charge in [-0.1, -0.05) is 13.8 Å². The van der Waals surface area contributed by atoms with Gasteiger partial charge in [0.05, 0.1) is 0 Å². The molecule has 0 bridgehead atoms. The topological polar surface area (TPSA) is 72.5 Å². The van der Waals surface area contributed by atoms with Crippen molar-refractivity contribution in [3.63, 3.8) is 0 Å². The molecule has 0 heterocycles. The van der Waals surface area contributed by atoms with Gasteiger partial charge in [0.25, 0.3) is 0 Å².